The molecule has 1 amide bonds. The van der Waals surface area contributed by atoms with Crippen LogP contribution in [0.4, 0.5) is 0 Å². The quantitative estimate of drug-likeness (QED) is 0.482. The zero-order valence-corrected chi connectivity index (χ0v) is 16.0. The van der Waals surface area contributed by atoms with Crippen molar-refractivity contribution in [2.24, 2.45) is 5.92 Å². The van der Waals surface area contributed by atoms with E-state index in [1.165, 1.54) is 25.7 Å². The van der Waals surface area contributed by atoms with Crippen molar-refractivity contribution < 1.29 is 9.90 Å². The van der Waals surface area contributed by atoms with Crippen molar-refractivity contribution in [2.45, 2.75) is 77.5 Å². The number of unbranched alkanes of at least 4 members (excludes halogenated alkanes) is 4. The number of aliphatic hydroxyl groups is 1. The molecule has 1 N–H and O–H groups in total. The molecule has 3 nitrogen and oxygen atoms in total. The summed E-state index contributed by atoms with van der Waals surface area (Å²) in [4.78, 5) is 14.5. The zero-order valence-electron chi connectivity index (χ0n) is 16.0. The number of hydrogen-bond donors (Lipinski definition) is 1. The largest absolute Gasteiger partial charge is 0.387 e. The number of carbonyl (C=O) groups is 1. The molecule has 0 saturated carbocycles. The van der Waals surface area contributed by atoms with Gasteiger partial charge in [-0.1, -0.05) is 63.3 Å². The van der Waals surface area contributed by atoms with Crippen molar-refractivity contribution in [3.8, 4) is 0 Å². The molecular weight excluding hydrogens is 310 g/mol. The molecule has 1 aliphatic heterocycles. The molecule has 0 aliphatic carbocycles. The molecule has 1 heterocycles. The van der Waals surface area contributed by atoms with Crippen molar-refractivity contribution in [2.75, 3.05) is 0 Å². The standard InChI is InChI=1S/C22H33NO2/c1-5-7-8-9-10-14-19(6-2)22(4,25)17(3)23-16-18-13-11-12-15-20(18)21(23)24/h6,11-13,15,17,19,25H,2,5,7-10,14,16H2,1,3-4H3/t17-,19-,22-/m0/s1. The third-order valence-corrected chi connectivity index (χ3v) is 5.82. The Morgan fingerprint density at radius 3 is 2.60 bits per heavy atom. The highest BCUT2D eigenvalue weighted by atomic mass is 16.3. The van der Waals surface area contributed by atoms with Gasteiger partial charge in [0.15, 0.2) is 0 Å². The first-order valence-corrected chi connectivity index (χ1v) is 9.67. The van der Waals surface area contributed by atoms with E-state index in [0.717, 1.165) is 24.0 Å². The van der Waals surface area contributed by atoms with Crippen LogP contribution in [-0.2, 0) is 6.54 Å². The summed E-state index contributed by atoms with van der Waals surface area (Å²) in [5, 5.41) is 11.2. The maximum absolute atomic E-state index is 12.7. The topological polar surface area (TPSA) is 40.5 Å². The van der Waals surface area contributed by atoms with Crippen LogP contribution in [0.2, 0.25) is 0 Å². The Morgan fingerprint density at radius 2 is 1.96 bits per heavy atom. The van der Waals surface area contributed by atoms with Gasteiger partial charge in [0.05, 0.1) is 11.6 Å². The van der Waals surface area contributed by atoms with Gasteiger partial charge in [-0.05, 0) is 31.9 Å². The van der Waals surface area contributed by atoms with Gasteiger partial charge < -0.3 is 10.0 Å². The first kappa shape index (κ1) is 19.7. The molecule has 138 valence electrons. The van der Waals surface area contributed by atoms with Crippen LogP contribution in [0.25, 0.3) is 0 Å². The van der Waals surface area contributed by atoms with Crippen LogP contribution in [0.15, 0.2) is 36.9 Å². The van der Waals surface area contributed by atoms with Gasteiger partial charge in [-0.3, -0.25) is 4.79 Å². The van der Waals surface area contributed by atoms with Gasteiger partial charge in [-0.15, -0.1) is 6.58 Å². The second-order valence-corrected chi connectivity index (χ2v) is 7.54. The van der Waals surface area contributed by atoms with Crippen LogP contribution < -0.4 is 0 Å². The van der Waals surface area contributed by atoms with Gasteiger partial charge in [0.25, 0.3) is 5.91 Å². The molecule has 3 heteroatoms. The summed E-state index contributed by atoms with van der Waals surface area (Å²) >= 11 is 0. The average Bonchev–Trinajstić information content (AvgIpc) is 2.94. The molecule has 0 radical (unpaired) electrons. The fourth-order valence-electron chi connectivity index (χ4n) is 3.83. The Labute approximate surface area is 152 Å². The van der Waals surface area contributed by atoms with Crippen molar-refractivity contribution in [1.29, 1.82) is 0 Å². The predicted octanol–water partition coefficient (Wildman–Crippen LogP) is 4.94. The van der Waals surface area contributed by atoms with Gasteiger partial charge in [0, 0.05) is 18.0 Å². The predicted molar refractivity (Wildman–Crippen MR) is 103 cm³/mol. The summed E-state index contributed by atoms with van der Waals surface area (Å²) < 4.78 is 0. The molecule has 0 saturated heterocycles. The van der Waals surface area contributed by atoms with E-state index in [4.69, 9.17) is 0 Å². The molecular formula is C22H33NO2. The minimum atomic E-state index is -0.982. The Hall–Kier alpha value is -1.61. The molecule has 1 aliphatic rings. The van der Waals surface area contributed by atoms with Crippen molar-refractivity contribution in [3.05, 3.63) is 48.0 Å². The molecule has 0 aromatic heterocycles. The van der Waals surface area contributed by atoms with Crippen LogP contribution in [-0.4, -0.2) is 27.6 Å². The summed E-state index contributed by atoms with van der Waals surface area (Å²) in [7, 11) is 0. The zero-order chi connectivity index (χ0) is 18.4. The van der Waals surface area contributed by atoms with E-state index in [1.54, 1.807) is 4.90 Å². The van der Waals surface area contributed by atoms with E-state index in [9.17, 15) is 9.90 Å². The normalized spacial score (nSPS) is 18.6. The van der Waals surface area contributed by atoms with Crippen LogP contribution in [0.3, 0.4) is 0 Å². The van der Waals surface area contributed by atoms with Gasteiger partial charge >= 0.3 is 0 Å². The van der Waals surface area contributed by atoms with E-state index < -0.39 is 5.60 Å². The van der Waals surface area contributed by atoms with Crippen LogP contribution >= 0.6 is 0 Å². The van der Waals surface area contributed by atoms with E-state index in [0.29, 0.717) is 6.54 Å². The molecule has 0 bridgehead atoms. The van der Waals surface area contributed by atoms with E-state index in [1.807, 2.05) is 44.2 Å². The number of fused-ring (bicyclic) bond motifs is 1. The second kappa shape index (κ2) is 8.66. The van der Waals surface area contributed by atoms with Crippen LogP contribution in [0.1, 0.15) is 75.2 Å². The summed E-state index contributed by atoms with van der Waals surface area (Å²) in [5.74, 6) is 0.00905. The van der Waals surface area contributed by atoms with E-state index in [-0.39, 0.29) is 17.9 Å². The van der Waals surface area contributed by atoms with Crippen LogP contribution in [0.5, 0.6) is 0 Å². The molecule has 25 heavy (non-hydrogen) atoms. The molecule has 3 atom stereocenters. The summed E-state index contributed by atoms with van der Waals surface area (Å²) in [6.07, 6.45) is 8.81. The Morgan fingerprint density at radius 1 is 1.28 bits per heavy atom. The van der Waals surface area contributed by atoms with E-state index in [2.05, 4.69) is 13.5 Å². The number of nitrogens with zero attached hydrogens (tertiary/aromatic N) is 1. The maximum Gasteiger partial charge on any atom is 0.254 e. The second-order valence-electron chi connectivity index (χ2n) is 7.54. The molecule has 2 rings (SSSR count). The summed E-state index contributed by atoms with van der Waals surface area (Å²) in [6, 6.07) is 7.46. The highest BCUT2D eigenvalue weighted by Crippen LogP contribution is 2.34. The third-order valence-electron chi connectivity index (χ3n) is 5.82. The SMILES string of the molecule is C=C[C@@H](CCCCCCC)[C@@](C)(O)[C@H](C)N1Cc2ccccc2C1=O. The molecule has 0 unspecified atom stereocenters. The smallest absolute Gasteiger partial charge is 0.254 e. The highest BCUT2D eigenvalue weighted by molar-refractivity contribution is 5.98. The van der Waals surface area contributed by atoms with Gasteiger partial charge in [-0.2, -0.15) is 0 Å². The van der Waals surface area contributed by atoms with Crippen LogP contribution in [0, 0.1) is 5.92 Å². The van der Waals surface area contributed by atoms with Crippen molar-refractivity contribution >= 4 is 5.91 Å². The monoisotopic (exact) mass is 343 g/mol. The third kappa shape index (κ3) is 4.33. The molecule has 1 aromatic rings. The minimum absolute atomic E-state index is 0.0133. The number of hydrogen-bond acceptors (Lipinski definition) is 2. The van der Waals surface area contributed by atoms with Crippen molar-refractivity contribution in [3.63, 3.8) is 0 Å². The summed E-state index contributed by atoms with van der Waals surface area (Å²) in [5.41, 5.74) is 0.828. The first-order valence-electron chi connectivity index (χ1n) is 9.67. The lowest BCUT2D eigenvalue weighted by molar-refractivity contribution is -0.0514. The van der Waals surface area contributed by atoms with Gasteiger partial charge in [0.1, 0.15) is 0 Å². The lowest BCUT2D eigenvalue weighted by Crippen LogP contribution is -2.53. The first-order chi connectivity index (χ1) is 11.9. The average molecular weight is 344 g/mol. The van der Waals surface area contributed by atoms with Gasteiger partial charge in [0.2, 0.25) is 0 Å². The molecule has 0 fully saturated rings. The Balaban J connectivity index is 2.02. The number of benzene rings is 1. The molecule has 0 spiro atoms. The Kier molecular flexibility index (Phi) is 6.83. The molecule has 1 aromatic carbocycles. The highest BCUT2D eigenvalue weighted by Gasteiger charge is 2.42. The minimum Gasteiger partial charge on any atom is -0.387 e. The number of rotatable bonds is 10. The fraction of sp³-hybridized carbons (Fsp3) is 0.591. The lowest BCUT2D eigenvalue weighted by atomic mass is 9.79. The maximum atomic E-state index is 12.7. The van der Waals surface area contributed by atoms with Crippen molar-refractivity contribution in [1.82, 2.24) is 4.90 Å². The van der Waals surface area contributed by atoms with Gasteiger partial charge in [-0.25, -0.2) is 0 Å². The number of carbonyl (C=O) groups excluding carboxylic acids is 1. The van der Waals surface area contributed by atoms with E-state index >= 15 is 0 Å². The Bertz CT molecular complexity index is 593. The lowest BCUT2D eigenvalue weighted by Gasteiger charge is -2.41. The fourth-order valence-corrected chi connectivity index (χ4v) is 3.83. The summed E-state index contributed by atoms with van der Waals surface area (Å²) in [6.45, 7) is 10.5. The number of amides is 1.